The van der Waals surface area contributed by atoms with Gasteiger partial charge in [-0.3, -0.25) is 24.7 Å². The van der Waals surface area contributed by atoms with Gasteiger partial charge in [0, 0.05) is 70.2 Å². The molecule has 0 aliphatic carbocycles. The second kappa shape index (κ2) is 13.1. The summed E-state index contributed by atoms with van der Waals surface area (Å²) in [5.41, 5.74) is 5.39. The number of rotatable bonds is 2. The molecule has 1 spiro atoms. The molecule has 4 aromatic rings. The molecule has 7 atom stereocenters. The maximum atomic E-state index is 14.8. The molecule has 296 valence electrons. The van der Waals surface area contributed by atoms with Crippen LogP contribution in [0, 0.1) is 31.0 Å². The van der Waals surface area contributed by atoms with Gasteiger partial charge in [0.05, 0.1) is 37.1 Å². The van der Waals surface area contributed by atoms with E-state index < -0.39 is 40.9 Å². The molecule has 57 heavy (non-hydrogen) atoms. The van der Waals surface area contributed by atoms with Crippen molar-refractivity contribution in [2.75, 3.05) is 46.5 Å². The number of methoxy groups -OCH3 is 1. The summed E-state index contributed by atoms with van der Waals surface area (Å²) in [5.74, 6) is 0.826. The Kier molecular flexibility index (Phi) is 8.38. The molecule has 1 aromatic heterocycles. The van der Waals surface area contributed by atoms with Crippen molar-refractivity contribution in [1.82, 2.24) is 20.1 Å². The van der Waals surface area contributed by atoms with Crippen molar-refractivity contribution in [3.63, 3.8) is 0 Å². The normalized spacial score (nSPS) is 28.9. The van der Waals surface area contributed by atoms with Crippen LogP contribution in [-0.2, 0) is 32.7 Å². The van der Waals surface area contributed by atoms with Crippen molar-refractivity contribution >= 4 is 34.4 Å². The molecule has 3 N–H and O–H groups in total. The summed E-state index contributed by atoms with van der Waals surface area (Å²) in [6, 6.07) is 6.70. The Morgan fingerprint density at radius 3 is 2.74 bits per heavy atom. The van der Waals surface area contributed by atoms with Crippen molar-refractivity contribution in [2.45, 2.75) is 74.6 Å². The number of carbonyl (C=O) groups excluding carboxylic acids is 2. The number of fused-ring (bicyclic) bond motifs is 12. The third-order valence-electron chi connectivity index (χ3n) is 13.1. The van der Waals surface area contributed by atoms with Gasteiger partial charge >= 0.3 is 5.97 Å². The second-order valence-electron chi connectivity index (χ2n) is 15.9. The highest BCUT2D eigenvalue weighted by Crippen LogP contribution is 2.64. The quantitative estimate of drug-likeness (QED) is 0.185. The maximum absolute atomic E-state index is 14.8. The first kappa shape index (κ1) is 36.5. The Bertz CT molecular complexity index is 2470. The van der Waals surface area contributed by atoms with Gasteiger partial charge in [0.1, 0.15) is 29.8 Å². The number of halogens is 1. The number of benzene rings is 3. The van der Waals surface area contributed by atoms with Crippen molar-refractivity contribution in [2.24, 2.45) is 0 Å². The van der Waals surface area contributed by atoms with E-state index in [-0.39, 0.29) is 49.2 Å². The minimum atomic E-state index is -1.28. The lowest BCUT2D eigenvalue weighted by molar-refractivity contribution is -0.133. The summed E-state index contributed by atoms with van der Waals surface area (Å²) in [6.07, 6.45) is 1.08. The number of phenolic OH excluding ortho intramolecular Hbond substituents is 1. The zero-order valence-electron chi connectivity index (χ0n) is 32.2. The Morgan fingerprint density at radius 2 is 1.96 bits per heavy atom. The van der Waals surface area contributed by atoms with E-state index >= 15 is 0 Å². The van der Waals surface area contributed by atoms with E-state index in [4.69, 9.17) is 23.7 Å². The van der Waals surface area contributed by atoms with Crippen LogP contribution in [-0.4, -0.2) is 96.2 Å². The summed E-state index contributed by atoms with van der Waals surface area (Å²) in [6.45, 7) is 5.24. The Hall–Kier alpha value is -4.85. The highest BCUT2D eigenvalue weighted by atomic mass is 32.2. The SMILES string of the molecule is COc1c(C)cc2c(c1O)[C@H]1C3[C@@H]4SC[C@]5(NCCc6c5[nH]c5ccc(F)cc65)C(=O)COC[C@@H](c5c6c(c(C)c(OC(C)=O)c54)OCO6)N3[C@@H](C#N)[C@@H](C2)N1C. The number of nitrogens with one attached hydrogen (secondary N) is 2. The van der Waals surface area contributed by atoms with Gasteiger partial charge in [-0.15, -0.1) is 11.8 Å². The van der Waals surface area contributed by atoms with Gasteiger partial charge < -0.3 is 33.8 Å². The van der Waals surface area contributed by atoms with Crippen molar-refractivity contribution < 1.29 is 42.8 Å². The first-order valence-electron chi connectivity index (χ1n) is 19.2. The van der Waals surface area contributed by atoms with Crippen LogP contribution in [0.2, 0.25) is 0 Å². The maximum Gasteiger partial charge on any atom is 0.308 e. The highest BCUT2D eigenvalue weighted by Gasteiger charge is 2.61. The fourth-order valence-corrected chi connectivity index (χ4v) is 12.5. The largest absolute Gasteiger partial charge is 0.504 e. The molecule has 3 aromatic carbocycles. The van der Waals surface area contributed by atoms with E-state index in [1.165, 1.54) is 37.9 Å². The van der Waals surface area contributed by atoms with E-state index in [9.17, 15) is 24.3 Å². The molecule has 1 unspecified atom stereocenters. The van der Waals surface area contributed by atoms with Gasteiger partial charge in [0.15, 0.2) is 28.8 Å². The van der Waals surface area contributed by atoms with Crippen LogP contribution in [0.1, 0.15) is 68.9 Å². The number of carbonyl (C=O) groups is 2. The number of hydrogen-bond acceptors (Lipinski definition) is 13. The number of H-pyrrole nitrogens is 1. The Balaban J connectivity index is 1.26. The number of aromatic amines is 1. The minimum Gasteiger partial charge on any atom is -0.504 e. The predicted molar refractivity (Wildman–Crippen MR) is 206 cm³/mol. The molecule has 2 fully saturated rings. The number of thioether (sulfide) groups is 1. The average Bonchev–Trinajstić information content (AvgIpc) is 3.81. The van der Waals surface area contributed by atoms with Gasteiger partial charge in [-0.05, 0) is 68.6 Å². The molecule has 0 amide bonds. The topological polar surface area (TPSA) is 159 Å². The summed E-state index contributed by atoms with van der Waals surface area (Å²) >= 11 is 1.52. The van der Waals surface area contributed by atoms with Crippen LogP contribution in [0.15, 0.2) is 24.3 Å². The second-order valence-corrected chi connectivity index (χ2v) is 17.0. The number of ether oxygens (including phenoxy) is 5. The van der Waals surface area contributed by atoms with E-state index in [2.05, 4.69) is 26.2 Å². The van der Waals surface area contributed by atoms with Gasteiger partial charge in [-0.2, -0.15) is 5.26 Å². The van der Waals surface area contributed by atoms with Gasteiger partial charge in [0.2, 0.25) is 6.79 Å². The number of aromatic nitrogens is 1. The third-order valence-corrected chi connectivity index (χ3v) is 14.6. The molecule has 0 saturated carbocycles. The van der Waals surface area contributed by atoms with Crippen LogP contribution in [0.5, 0.6) is 28.7 Å². The fraction of sp³-hybridized carbons (Fsp3) is 0.452. The number of ketones is 1. The smallest absolute Gasteiger partial charge is 0.308 e. The number of nitriles is 1. The van der Waals surface area contributed by atoms with E-state index in [1.54, 1.807) is 6.07 Å². The molecule has 7 aliphatic heterocycles. The molecular formula is C42H42FN5O8S. The van der Waals surface area contributed by atoms with Crippen LogP contribution < -0.4 is 24.3 Å². The van der Waals surface area contributed by atoms with Gasteiger partial charge in [-0.25, -0.2) is 4.39 Å². The highest BCUT2D eigenvalue weighted by molar-refractivity contribution is 7.99. The van der Waals surface area contributed by atoms with E-state index in [1.807, 2.05) is 27.0 Å². The summed E-state index contributed by atoms with van der Waals surface area (Å²) < 4.78 is 45.5. The van der Waals surface area contributed by atoms with E-state index in [0.717, 1.165) is 27.6 Å². The van der Waals surface area contributed by atoms with Gasteiger partial charge in [-0.1, -0.05) is 6.07 Å². The number of Topliss-reactive ketones (excluding diaryl/α,β-unsaturated/α-hetero) is 1. The van der Waals surface area contributed by atoms with E-state index in [0.29, 0.717) is 70.3 Å². The van der Waals surface area contributed by atoms with Crippen LogP contribution in [0.4, 0.5) is 4.39 Å². The van der Waals surface area contributed by atoms with Crippen molar-refractivity contribution in [1.29, 1.82) is 5.26 Å². The summed E-state index contributed by atoms with van der Waals surface area (Å²) in [7, 11) is 3.53. The van der Waals surface area contributed by atoms with Crippen molar-refractivity contribution in [3.8, 4) is 34.8 Å². The number of nitrogens with zero attached hydrogens (tertiary/aromatic N) is 3. The van der Waals surface area contributed by atoms with Crippen molar-refractivity contribution in [3.05, 3.63) is 74.7 Å². The lowest BCUT2D eigenvalue weighted by atomic mass is 9.71. The summed E-state index contributed by atoms with van der Waals surface area (Å²) in [5, 5.41) is 27.1. The zero-order valence-corrected chi connectivity index (χ0v) is 33.0. The molecule has 15 heteroatoms. The lowest BCUT2D eigenvalue weighted by Gasteiger charge is -2.61. The minimum absolute atomic E-state index is 0.0107. The first-order chi connectivity index (χ1) is 27.5. The number of aryl methyl sites for hydroxylation is 1. The van der Waals surface area contributed by atoms with Crippen LogP contribution in [0.3, 0.4) is 0 Å². The standard InChI is InChI=1S/C42H42FN5O8S/c1-18-10-21-11-26-27(13-44)48-28-14-53-15-29(50)42(41-23(8-9-45-42)24-12-22(43)6-7-25(24)46-41)16-57-40(34(48)33(47(26)4)30(21)35(51)36(18)52-5)32-31(28)39-38(54-17-55-39)19(2)37(32)56-20(3)49/h6-7,10,12,26-28,33-34,40,45-46,51H,8-9,11,14-17H2,1-5H3/t26-,27+,28+,33+,34?,40-,42+/m1/s1. The monoisotopic (exact) mass is 795 g/mol. The molecule has 8 heterocycles. The lowest BCUT2D eigenvalue weighted by Crippen LogP contribution is -2.69. The number of esters is 1. The van der Waals surface area contributed by atoms with Crippen LogP contribution in [0.25, 0.3) is 10.9 Å². The number of likely N-dealkylation sites (N-methyl/N-ethyl adjacent to an activating group) is 1. The molecule has 11 rings (SSSR count). The van der Waals surface area contributed by atoms with Gasteiger partial charge in [0.25, 0.3) is 0 Å². The Morgan fingerprint density at radius 1 is 1.16 bits per heavy atom. The van der Waals surface area contributed by atoms with Crippen LogP contribution >= 0.6 is 11.8 Å². The molecule has 2 saturated heterocycles. The number of aromatic hydroxyl groups is 1. The Labute approximate surface area is 332 Å². The molecule has 7 aliphatic rings. The molecule has 13 nitrogen and oxygen atoms in total. The summed E-state index contributed by atoms with van der Waals surface area (Å²) in [4.78, 5) is 35.7. The predicted octanol–water partition coefficient (Wildman–Crippen LogP) is 4.94. The number of piperazine rings is 1. The average molecular weight is 796 g/mol. The molecule has 4 bridgehead atoms. The number of hydrogen-bond donors (Lipinski definition) is 3. The fourth-order valence-electron chi connectivity index (χ4n) is 10.8. The molecular weight excluding hydrogens is 754 g/mol. The molecule has 0 radical (unpaired) electrons. The number of phenols is 1. The third kappa shape index (κ3) is 5.00. The zero-order chi connectivity index (χ0) is 39.7. The first-order valence-corrected chi connectivity index (χ1v) is 20.2.